The average Bonchev–Trinajstić information content (AvgIpc) is 3.39. The molecule has 0 radical (unpaired) electrons. The van der Waals surface area contributed by atoms with Crippen LogP contribution in [-0.4, -0.2) is 79.3 Å². The Morgan fingerprint density at radius 2 is 1.86 bits per heavy atom. The fourth-order valence-electron chi connectivity index (χ4n) is 4.04. The Labute approximate surface area is 176 Å². The van der Waals surface area contributed by atoms with Gasteiger partial charge in [-0.15, -0.1) is 11.3 Å². The summed E-state index contributed by atoms with van der Waals surface area (Å²) in [6.07, 6.45) is 0.464. The van der Waals surface area contributed by atoms with Gasteiger partial charge in [0.25, 0.3) is 0 Å². The summed E-state index contributed by atoms with van der Waals surface area (Å²) in [5.41, 5.74) is 2.34. The van der Waals surface area contributed by atoms with Crippen LogP contribution in [0.3, 0.4) is 0 Å². The van der Waals surface area contributed by atoms with Crippen LogP contribution in [0.1, 0.15) is 10.4 Å². The first-order valence-electron chi connectivity index (χ1n) is 10.3. The first kappa shape index (κ1) is 20.5. The van der Waals surface area contributed by atoms with Crippen LogP contribution in [0.25, 0.3) is 0 Å². The fraction of sp³-hybridized carbons (Fsp3) is 0.500. The molecule has 2 aromatic rings. The molecule has 1 aromatic carbocycles. The maximum absolute atomic E-state index is 12.8. The molecule has 1 fully saturated rings. The van der Waals surface area contributed by atoms with E-state index in [-0.39, 0.29) is 5.91 Å². The number of rotatable bonds is 8. The van der Waals surface area contributed by atoms with Gasteiger partial charge in [-0.25, -0.2) is 0 Å². The first-order chi connectivity index (χ1) is 14.2. The van der Waals surface area contributed by atoms with Crippen LogP contribution in [0.2, 0.25) is 0 Å². The Hall–Kier alpha value is -1.77. The average molecular weight is 416 g/mol. The molecule has 1 atom stereocenters. The number of aliphatic hydroxyl groups excluding tert-OH is 1. The van der Waals surface area contributed by atoms with Gasteiger partial charge in [0, 0.05) is 49.8 Å². The van der Waals surface area contributed by atoms with Crippen LogP contribution in [0.5, 0.6) is 0 Å². The Bertz CT molecular complexity index is 790. The molecule has 156 valence electrons. The van der Waals surface area contributed by atoms with Crippen molar-refractivity contribution in [3.8, 4) is 0 Å². The van der Waals surface area contributed by atoms with Gasteiger partial charge in [-0.1, -0.05) is 24.3 Å². The molecule has 0 saturated carbocycles. The van der Waals surface area contributed by atoms with E-state index in [1.165, 1.54) is 10.4 Å². The van der Waals surface area contributed by atoms with Crippen molar-refractivity contribution in [1.82, 2.24) is 9.80 Å². The number of para-hydroxylation sites is 1. The molecule has 1 saturated heterocycles. The third-order valence-corrected chi connectivity index (χ3v) is 6.47. The van der Waals surface area contributed by atoms with E-state index in [4.69, 9.17) is 4.74 Å². The van der Waals surface area contributed by atoms with Crippen LogP contribution in [0.15, 0.2) is 41.8 Å². The molecule has 1 aromatic heterocycles. The molecule has 0 spiro atoms. The summed E-state index contributed by atoms with van der Waals surface area (Å²) in [6.45, 7) is 6.22. The SMILES string of the molecule is O=C(CN1CCN(CC(O)COCc2cccs2)CC1)N1CCc2ccccc21. The van der Waals surface area contributed by atoms with E-state index in [9.17, 15) is 9.90 Å². The quantitative estimate of drug-likeness (QED) is 0.713. The van der Waals surface area contributed by atoms with Gasteiger partial charge in [0.05, 0.1) is 25.9 Å². The van der Waals surface area contributed by atoms with Gasteiger partial charge in [-0.2, -0.15) is 0 Å². The molecule has 1 amide bonds. The summed E-state index contributed by atoms with van der Waals surface area (Å²) < 4.78 is 5.61. The van der Waals surface area contributed by atoms with E-state index in [0.29, 0.717) is 26.3 Å². The van der Waals surface area contributed by atoms with E-state index in [1.54, 1.807) is 11.3 Å². The van der Waals surface area contributed by atoms with Gasteiger partial charge >= 0.3 is 0 Å². The second-order valence-electron chi connectivity index (χ2n) is 7.75. The predicted molar refractivity (Wildman–Crippen MR) is 115 cm³/mol. The number of carbonyl (C=O) groups excluding carboxylic acids is 1. The minimum absolute atomic E-state index is 0.186. The van der Waals surface area contributed by atoms with Crippen molar-refractivity contribution in [1.29, 1.82) is 0 Å². The number of β-amino-alcohol motifs (C(OH)–C–C–N with tert-alkyl or cyclic N) is 1. The summed E-state index contributed by atoms with van der Waals surface area (Å²) in [5, 5.41) is 12.3. The Kier molecular flexibility index (Phi) is 6.94. The van der Waals surface area contributed by atoms with Gasteiger partial charge in [0.15, 0.2) is 0 Å². The van der Waals surface area contributed by atoms with Crippen LogP contribution < -0.4 is 4.90 Å². The van der Waals surface area contributed by atoms with Crippen molar-refractivity contribution in [3.63, 3.8) is 0 Å². The van der Waals surface area contributed by atoms with E-state index < -0.39 is 6.10 Å². The van der Waals surface area contributed by atoms with E-state index in [0.717, 1.165) is 44.8 Å². The van der Waals surface area contributed by atoms with Crippen LogP contribution in [0.4, 0.5) is 5.69 Å². The number of benzene rings is 1. The van der Waals surface area contributed by atoms with Gasteiger partial charge in [-0.3, -0.25) is 14.6 Å². The van der Waals surface area contributed by atoms with Crippen molar-refractivity contribution in [3.05, 3.63) is 52.2 Å². The molecule has 1 N–H and O–H groups in total. The number of hydrogen-bond donors (Lipinski definition) is 1. The number of thiophene rings is 1. The highest BCUT2D eigenvalue weighted by Crippen LogP contribution is 2.27. The summed E-state index contributed by atoms with van der Waals surface area (Å²) in [7, 11) is 0. The summed E-state index contributed by atoms with van der Waals surface area (Å²) in [5.74, 6) is 0.186. The van der Waals surface area contributed by atoms with Crippen molar-refractivity contribution >= 4 is 22.9 Å². The van der Waals surface area contributed by atoms with Crippen LogP contribution in [-0.2, 0) is 22.6 Å². The molecule has 2 aliphatic rings. The Balaban J connectivity index is 1.15. The third-order valence-electron chi connectivity index (χ3n) is 5.62. The molecule has 1 unspecified atom stereocenters. The first-order valence-corrected chi connectivity index (χ1v) is 11.2. The number of fused-ring (bicyclic) bond motifs is 1. The lowest BCUT2D eigenvalue weighted by Crippen LogP contribution is -2.51. The molecule has 29 heavy (non-hydrogen) atoms. The summed E-state index contributed by atoms with van der Waals surface area (Å²) in [4.78, 5) is 20.3. The zero-order valence-electron chi connectivity index (χ0n) is 16.7. The van der Waals surface area contributed by atoms with Crippen LogP contribution in [0, 0.1) is 0 Å². The molecule has 3 heterocycles. The minimum Gasteiger partial charge on any atom is -0.389 e. The predicted octanol–water partition coefficient (Wildman–Crippen LogP) is 1.83. The van der Waals surface area contributed by atoms with E-state index in [2.05, 4.69) is 15.9 Å². The molecule has 6 nitrogen and oxygen atoms in total. The number of aliphatic hydroxyl groups is 1. The smallest absolute Gasteiger partial charge is 0.241 e. The lowest BCUT2D eigenvalue weighted by atomic mass is 10.2. The van der Waals surface area contributed by atoms with Crippen LogP contribution >= 0.6 is 11.3 Å². The second kappa shape index (κ2) is 9.82. The Morgan fingerprint density at radius 1 is 1.07 bits per heavy atom. The maximum Gasteiger partial charge on any atom is 0.241 e. The van der Waals surface area contributed by atoms with Gasteiger partial charge in [0.2, 0.25) is 5.91 Å². The molecule has 2 aliphatic heterocycles. The van der Waals surface area contributed by atoms with Crippen molar-refractivity contribution in [2.75, 3.05) is 57.3 Å². The monoisotopic (exact) mass is 415 g/mol. The second-order valence-corrected chi connectivity index (χ2v) is 8.78. The number of piperazine rings is 1. The highest BCUT2D eigenvalue weighted by atomic mass is 32.1. The lowest BCUT2D eigenvalue weighted by Gasteiger charge is -2.35. The summed E-state index contributed by atoms with van der Waals surface area (Å²) in [6, 6.07) is 12.2. The largest absolute Gasteiger partial charge is 0.389 e. The maximum atomic E-state index is 12.8. The fourth-order valence-corrected chi connectivity index (χ4v) is 4.69. The van der Waals surface area contributed by atoms with Gasteiger partial charge < -0.3 is 14.7 Å². The number of ether oxygens (including phenoxy) is 1. The zero-order valence-corrected chi connectivity index (χ0v) is 17.5. The summed E-state index contributed by atoms with van der Waals surface area (Å²) >= 11 is 1.67. The van der Waals surface area contributed by atoms with Gasteiger partial charge in [0.1, 0.15) is 0 Å². The Morgan fingerprint density at radius 3 is 2.66 bits per heavy atom. The highest BCUT2D eigenvalue weighted by Gasteiger charge is 2.27. The minimum atomic E-state index is -0.482. The van der Waals surface area contributed by atoms with Crippen molar-refractivity contribution in [2.45, 2.75) is 19.1 Å². The van der Waals surface area contributed by atoms with E-state index in [1.807, 2.05) is 40.6 Å². The normalized spacial score (nSPS) is 18.7. The topological polar surface area (TPSA) is 56.3 Å². The highest BCUT2D eigenvalue weighted by molar-refractivity contribution is 7.09. The molecule has 7 heteroatoms. The molecular formula is C22H29N3O3S. The standard InChI is InChI=1S/C22H29N3O3S/c26-19(16-28-17-20-5-3-13-29-20)14-23-9-11-24(12-10-23)15-22(27)25-8-7-18-4-1-2-6-21(18)25/h1-6,13,19,26H,7-12,14-17H2. The van der Waals surface area contributed by atoms with E-state index >= 15 is 0 Å². The van der Waals surface area contributed by atoms with Crippen molar-refractivity contribution in [2.24, 2.45) is 0 Å². The van der Waals surface area contributed by atoms with Crippen molar-refractivity contribution < 1.29 is 14.6 Å². The van der Waals surface area contributed by atoms with Gasteiger partial charge in [-0.05, 0) is 29.5 Å². The molecule has 0 bridgehead atoms. The third kappa shape index (κ3) is 5.43. The molecule has 0 aliphatic carbocycles. The zero-order chi connectivity index (χ0) is 20.1. The number of hydrogen-bond acceptors (Lipinski definition) is 6. The number of anilines is 1. The number of nitrogens with zero attached hydrogens (tertiary/aromatic N) is 3. The number of amides is 1. The lowest BCUT2D eigenvalue weighted by molar-refractivity contribution is -0.120. The molecular weight excluding hydrogens is 386 g/mol. The number of carbonyl (C=O) groups is 1. The molecule has 4 rings (SSSR count).